The first kappa shape index (κ1) is 27.2. The Morgan fingerprint density at radius 1 is 0.780 bits per heavy atom. The van der Waals surface area contributed by atoms with Crippen LogP contribution in [0, 0.1) is 5.92 Å². The van der Waals surface area contributed by atoms with Crippen LogP contribution in [-0.2, 0) is 19.6 Å². The fourth-order valence-corrected chi connectivity index (χ4v) is 7.44. The minimum atomic E-state index is -4.04. The van der Waals surface area contributed by atoms with Crippen molar-refractivity contribution in [2.24, 2.45) is 5.92 Å². The summed E-state index contributed by atoms with van der Waals surface area (Å²) in [5.74, 6) is -0.642. The highest BCUT2D eigenvalue weighted by molar-refractivity contribution is 7.89. The molecule has 2 aliphatic rings. The van der Waals surface area contributed by atoms with Crippen LogP contribution in [0.2, 0.25) is 0 Å². The fourth-order valence-electron chi connectivity index (χ4n) is 5.65. The van der Waals surface area contributed by atoms with Crippen LogP contribution in [0.4, 0.5) is 0 Å². The second-order valence-electron chi connectivity index (χ2n) is 10.8. The molecule has 0 aromatic heterocycles. The van der Waals surface area contributed by atoms with Gasteiger partial charge in [0.2, 0.25) is 21.8 Å². The Morgan fingerprint density at radius 3 is 2.05 bits per heavy atom. The Morgan fingerprint density at radius 2 is 1.39 bits per heavy atom. The van der Waals surface area contributed by atoms with Crippen LogP contribution in [0.15, 0.2) is 108 Å². The predicted molar refractivity (Wildman–Crippen MR) is 159 cm³/mol. The lowest BCUT2D eigenvalue weighted by atomic mass is 9.89. The Kier molecular flexibility index (Phi) is 7.60. The normalized spacial score (nSPS) is 18.0. The molecule has 1 saturated carbocycles. The Balaban J connectivity index is 1.34. The molecule has 8 heteroatoms. The van der Waals surface area contributed by atoms with Crippen LogP contribution in [0.1, 0.15) is 29.9 Å². The van der Waals surface area contributed by atoms with E-state index in [9.17, 15) is 18.0 Å². The number of sulfonamides is 1. The highest BCUT2D eigenvalue weighted by Crippen LogP contribution is 2.32. The quantitative estimate of drug-likeness (QED) is 0.342. The molecule has 41 heavy (non-hydrogen) atoms. The monoisotopic (exact) mass is 567 g/mol. The maximum Gasteiger partial charge on any atom is 0.244 e. The maximum atomic E-state index is 14.2. The summed E-state index contributed by atoms with van der Waals surface area (Å²) in [6.07, 6.45) is 2.12. The van der Waals surface area contributed by atoms with Crippen molar-refractivity contribution in [1.82, 2.24) is 14.5 Å². The van der Waals surface area contributed by atoms with Crippen molar-refractivity contribution in [3.8, 4) is 0 Å². The minimum Gasteiger partial charge on any atom is -0.354 e. The second kappa shape index (κ2) is 11.5. The molecule has 1 aliphatic heterocycles. The van der Waals surface area contributed by atoms with Crippen molar-refractivity contribution in [1.29, 1.82) is 0 Å². The van der Waals surface area contributed by atoms with E-state index in [1.54, 1.807) is 23.1 Å². The molecule has 0 spiro atoms. The van der Waals surface area contributed by atoms with Crippen molar-refractivity contribution < 1.29 is 18.0 Å². The van der Waals surface area contributed by atoms with E-state index in [0.717, 1.165) is 29.4 Å². The molecule has 2 fully saturated rings. The molecule has 0 radical (unpaired) electrons. The molecule has 1 unspecified atom stereocenters. The molecule has 0 bridgehead atoms. The standard InChI is InChI=1S/C33H33N3O4S/c37-32(34-22-24-18-19-24)29-23-35(33(38)31(26-11-3-1-4-12-26)27-13-5-2-6-14-27)20-21-36(29)41(39,40)30-17-9-15-25-10-7-8-16-28(25)30/h1-17,24,29,31H,18-23H2,(H,34,37). The summed E-state index contributed by atoms with van der Waals surface area (Å²) >= 11 is 0. The molecule has 4 aromatic carbocycles. The third-order valence-electron chi connectivity index (χ3n) is 8.06. The molecule has 1 saturated heterocycles. The topological polar surface area (TPSA) is 86.8 Å². The van der Waals surface area contributed by atoms with Gasteiger partial charge in [-0.3, -0.25) is 9.59 Å². The third-order valence-corrected chi connectivity index (χ3v) is 10.0. The third kappa shape index (κ3) is 5.62. The first-order chi connectivity index (χ1) is 19.9. The van der Waals surface area contributed by atoms with Crippen LogP contribution in [0.3, 0.4) is 0 Å². The highest BCUT2D eigenvalue weighted by atomic mass is 32.2. The van der Waals surface area contributed by atoms with Gasteiger partial charge in [-0.15, -0.1) is 0 Å². The van der Waals surface area contributed by atoms with E-state index >= 15 is 0 Å². The number of benzene rings is 4. The summed E-state index contributed by atoms with van der Waals surface area (Å²) in [6, 6.07) is 30.6. The van der Waals surface area contributed by atoms with Gasteiger partial charge in [-0.1, -0.05) is 97.1 Å². The van der Waals surface area contributed by atoms with E-state index in [1.807, 2.05) is 84.9 Å². The van der Waals surface area contributed by atoms with Gasteiger partial charge in [-0.2, -0.15) is 4.31 Å². The number of hydrogen-bond donors (Lipinski definition) is 1. The predicted octanol–water partition coefficient (Wildman–Crippen LogP) is 4.40. The molecule has 6 rings (SSSR count). The number of nitrogens with zero attached hydrogens (tertiary/aromatic N) is 2. The number of nitrogens with one attached hydrogen (secondary N) is 1. The van der Waals surface area contributed by atoms with E-state index in [2.05, 4.69) is 5.32 Å². The summed E-state index contributed by atoms with van der Waals surface area (Å²) in [5, 5.41) is 4.39. The van der Waals surface area contributed by atoms with Gasteiger partial charge in [0.1, 0.15) is 6.04 Å². The largest absolute Gasteiger partial charge is 0.354 e. The smallest absolute Gasteiger partial charge is 0.244 e. The van der Waals surface area contributed by atoms with Gasteiger partial charge in [-0.05, 0) is 41.3 Å². The average molecular weight is 568 g/mol. The molecule has 7 nitrogen and oxygen atoms in total. The number of rotatable bonds is 8. The lowest BCUT2D eigenvalue weighted by Crippen LogP contribution is -2.62. The van der Waals surface area contributed by atoms with Gasteiger partial charge in [-0.25, -0.2) is 8.42 Å². The molecule has 210 valence electrons. The van der Waals surface area contributed by atoms with Crippen molar-refractivity contribution >= 4 is 32.6 Å². The second-order valence-corrected chi connectivity index (χ2v) is 12.7. The first-order valence-corrected chi connectivity index (χ1v) is 15.5. The number of carbonyl (C=O) groups excluding carboxylic acids is 2. The van der Waals surface area contributed by atoms with Crippen molar-refractivity contribution in [2.75, 3.05) is 26.2 Å². The Bertz CT molecular complexity index is 1610. The van der Waals surface area contributed by atoms with Crippen molar-refractivity contribution in [2.45, 2.75) is 29.7 Å². The van der Waals surface area contributed by atoms with Gasteiger partial charge in [0, 0.05) is 31.6 Å². The van der Waals surface area contributed by atoms with Gasteiger partial charge in [0.15, 0.2) is 0 Å². The zero-order valence-corrected chi connectivity index (χ0v) is 23.5. The Labute approximate surface area is 240 Å². The van der Waals surface area contributed by atoms with Crippen LogP contribution >= 0.6 is 0 Å². The van der Waals surface area contributed by atoms with Crippen molar-refractivity contribution in [3.63, 3.8) is 0 Å². The van der Waals surface area contributed by atoms with Gasteiger partial charge < -0.3 is 10.2 Å². The van der Waals surface area contributed by atoms with Gasteiger partial charge in [0.25, 0.3) is 0 Å². The number of carbonyl (C=O) groups is 2. The maximum absolute atomic E-state index is 14.2. The zero-order valence-electron chi connectivity index (χ0n) is 22.7. The van der Waals surface area contributed by atoms with E-state index < -0.39 is 22.0 Å². The number of piperazine rings is 1. The van der Waals surface area contributed by atoms with E-state index in [-0.39, 0.29) is 36.3 Å². The number of hydrogen-bond acceptors (Lipinski definition) is 4. The SMILES string of the molecule is O=C(NCC1CC1)C1CN(C(=O)C(c2ccccc2)c2ccccc2)CCN1S(=O)(=O)c1cccc2ccccc12. The molecule has 1 heterocycles. The van der Waals surface area contributed by atoms with Gasteiger partial charge in [0.05, 0.1) is 10.8 Å². The van der Waals surface area contributed by atoms with Gasteiger partial charge >= 0.3 is 0 Å². The molecular formula is C33H33N3O4S. The van der Waals surface area contributed by atoms with E-state index in [1.165, 1.54) is 4.31 Å². The molecule has 4 aromatic rings. The zero-order chi connectivity index (χ0) is 28.4. The fraction of sp³-hybridized carbons (Fsp3) is 0.273. The number of fused-ring (bicyclic) bond motifs is 1. The first-order valence-electron chi connectivity index (χ1n) is 14.1. The average Bonchev–Trinajstić information content (AvgIpc) is 3.85. The lowest BCUT2D eigenvalue weighted by Gasteiger charge is -2.41. The molecule has 1 atom stereocenters. The van der Waals surface area contributed by atoms with Crippen LogP contribution in [0.5, 0.6) is 0 Å². The molecular weight excluding hydrogens is 534 g/mol. The molecule has 1 aliphatic carbocycles. The van der Waals surface area contributed by atoms with Crippen LogP contribution < -0.4 is 5.32 Å². The van der Waals surface area contributed by atoms with E-state index in [4.69, 9.17) is 0 Å². The van der Waals surface area contributed by atoms with Crippen LogP contribution in [0.25, 0.3) is 10.8 Å². The highest BCUT2D eigenvalue weighted by Gasteiger charge is 2.43. The van der Waals surface area contributed by atoms with Crippen LogP contribution in [-0.4, -0.2) is 61.7 Å². The molecule has 2 amide bonds. The summed E-state index contributed by atoms with van der Waals surface area (Å²) in [4.78, 5) is 29.6. The summed E-state index contributed by atoms with van der Waals surface area (Å²) in [5.41, 5.74) is 1.70. The summed E-state index contributed by atoms with van der Waals surface area (Å²) in [6.45, 7) is 0.706. The minimum absolute atomic E-state index is 0.0184. The lowest BCUT2D eigenvalue weighted by molar-refractivity contribution is -0.136. The molecule has 1 N–H and O–H groups in total. The number of amides is 2. The summed E-state index contributed by atoms with van der Waals surface area (Å²) in [7, 11) is -4.04. The van der Waals surface area contributed by atoms with E-state index in [0.29, 0.717) is 17.8 Å². The Hall–Kier alpha value is -4.01. The van der Waals surface area contributed by atoms with Crippen molar-refractivity contribution in [3.05, 3.63) is 114 Å². The summed E-state index contributed by atoms with van der Waals surface area (Å²) < 4.78 is 29.6.